The number of esters is 3. The number of aliphatic hydroxyl groups is 2. The largest absolute Gasteiger partial charge is 0.479 e. The summed E-state index contributed by atoms with van der Waals surface area (Å²) in [5.41, 5.74) is 0. The van der Waals surface area contributed by atoms with Gasteiger partial charge >= 0.3 is 23.9 Å². The van der Waals surface area contributed by atoms with Gasteiger partial charge in [0, 0.05) is 19.3 Å². The van der Waals surface area contributed by atoms with E-state index in [0.29, 0.717) is 19.3 Å². The third kappa shape index (κ3) is 48.3. The number of carboxylic acid groups (broad SMARTS) is 1. The normalized spacial score (nSPS) is 17.9. The highest BCUT2D eigenvalue weighted by molar-refractivity contribution is 5.74. The minimum absolute atomic E-state index is 0.0577. The number of hydrogen-bond acceptors (Lipinski definition) is 11. The molecule has 1 heterocycles. The second-order valence-electron chi connectivity index (χ2n) is 23.4. The van der Waals surface area contributed by atoms with Crippen molar-refractivity contribution in [3.8, 4) is 0 Å². The van der Waals surface area contributed by atoms with Crippen molar-refractivity contribution < 1.29 is 58.2 Å². The van der Waals surface area contributed by atoms with Crippen molar-refractivity contribution in [3.63, 3.8) is 0 Å². The standard InChI is InChI=1S/C71H124O12/c1-4-7-10-13-16-19-22-25-28-31-32-35-38-41-44-47-50-53-56-59-65(74)82-69-67(76)66(75)68(70(77)78)83-71(69)80-61-62(81-64(73)58-55-52-49-46-43-40-37-34-30-27-24-21-18-15-12-9-6-3)60-79-63(72)57-54-51-48-45-42-39-36-33-29-26-23-20-17-14-11-8-5-2/h8,11,17,20,25-30,62,66-69,71,75-76H,4-7,9-10,12-16,18-19,21-24,31-61H2,1-3H3,(H,77,78)/b11-8-,20-17-,28-25-,29-26-,30-27-. The Balaban J connectivity index is 2.64. The smallest absolute Gasteiger partial charge is 0.335 e. The first-order valence-electron chi connectivity index (χ1n) is 34.3. The monoisotopic (exact) mass is 1170 g/mol. The van der Waals surface area contributed by atoms with E-state index < -0.39 is 67.3 Å². The van der Waals surface area contributed by atoms with E-state index in [0.717, 1.165) is 116 Å². The lowest BCUT2D eigenvalue weighted by Crippen LogP contribution is -2.61. The molecular weight excluding hydrogens is 1040 g/mol. The van der Waals surface area contributed by atoms with E-state index in [1.54, 1.807) is 0 Å². The molecule has 83 heavy (non-hydrogen) atoms. The number of allylic oxidation sites excluding steroid dienone is 10. The molecule has 0 amide bonds. The first-order valence-corrected chi connectivity index (χ1v) is 34.3. The zero-order chi connectivity index (χ0) is 60.3. The van der Waals surface area contributed by atoms with Crippen molar-refractivity contribution in [2.24, 2.45) is 0 Å². The molecule has 1 fully saturated rings. The fourth-order valence-electron chi connectivity index (χ4n) is 10.3. The maximum atomic E-state index is 13.2. The van der Waals surface area contributed by atoms with Gasteiger partial charge in [-0.25, -0.2) is 4.79 Å². The highest BCUT2D eigenvalue weighted by Gasteiger charge is 2.50. The van der Waals surface area contributed by atoms with Gasteiger partial charge in [-0.05, 0) is 103 Å². The lowest BCUT2D eigenvalue weighted by molar-refractivity contribution is -0.301. The zero-order valence-electron chi connectivity index (χ0n) is 53.2. The van der Waals surface area contributed by atoms with Gasteiger partial charge in [0.05, 0.1) is 6.61 Å². The fraction of sp³-hybridized carbons (Fsp3) is 0.803. The summed E-state index contributed by atoms with van der Waals surface area (Å²) in [5.74, 6) is -3.12. The molecule has 1 rings (SSSR count). The van der Waals surface area contributed by atoms with Gasteiger partial charge in [-0.2, -0.15) is 0 Å². The third-order valence-corrected chi connectivity index (χ3v) is 15.5. The number of rotatable bonds is 59. The molecule has 12 nitrogen and oxygen atoms in total. The molecule has 6 atom stereocenters. The van der Waals surface area contributed by atoms with Crippen molar-refractivity contribution in [1.29, 1.82) is 0 Å². The van der Waals surface area contributed by atoms with Crippen LogP contribution in [0.15, 0.2) is 60.8 Å². The number of carbonyl (C=O) groups excluding carboxylic acids is 3. The Kier molecular flexibility index (Phi) is 54.8. The van der Waals surface area contributed by atoms with E-state index in [-0.39, 0.29) is 25.9 Å². The average Bonchev–Trinajstić information content (AvgIpc) is 3.58. The van der Waals surface area contributed by atoms with Gasteiger partial charge in [0.2, 0.25) is 0 Å². The zero-order valence-corrected chi connectivity index (χ0v) is 53.2. The average molecular weight is 1170 g/mol. The molecule has 1 aliphatic heterocycles. The molecule has 3 N–H and O–H groups in total. The van der Waals surface area contributed by atoms with Gasteiger partial charge in [-0.1, -0.05) is 255 Å². The van der Waals surface area contributed by atoms with Crippen molar-refractivity contribution in [1.82, 2.24) is 0 Å². The van der Waals surface area contributed by atoms with Crippen LogP contribution in [0.4, 0.5) is 0 Å². The van der Waals surface area contributed by atoms with Crippen LogP contribution in [0.1, 0.15) is 316 Å². The maximum Gasteiger partial charge on any atom is 0.335 e. The molecule has 0 aromatic rings. The topological polar surface area (TPSA) is 175 Å². The molecule has 0 radical (unpaired) electrons. The van der Waals surface area contributed by atoms with Crippen LogP contribution in [-0.4, -0.2) is 89.2 Å². The highest BCUT2D eigenvalue weighted by atomic mass is 16.7. The molecule has 12 heteroatoms. The van der Waals surface area contributed by atoms with Crippen LogP contribution in [0.25, 0.3) is 0 Å². The van der Waals surface area contributed by atoms with Crippen LogP contribution in [0, 0.1) is 0 Å². The highest BCUT2D eigenvalue weighted by Crippen LogP contribution is 2.27. The van der Waals surface area contributed by atoms with Gasteiger partial charge in [-0.15, -0.1) is 0 Å². The summed E-state index contributed by atoms with van der Waals surface area (Å²) in [4.78, 5) is 51.4. The Morgan fingerprint density at radius 2 is 0.759 bits per heavy atom. The minimum atomic E-state index is -1.91. The predicted octanol–water partition coefficient (Wildman–Crippen LogP) is 18.7. The van der Waals surface area contributed by atoms with Crippen LogP contribution in [-0.2, 0) is 42.9 Å². The lowest BCUT2D eigenvalue weighted by atomic mass is 9.98. The molecule has 0 aromatic heterocycles. The number of hydrogen-bond donors (Lipinski definition) is 3. The van der Waals surface area contributed by atoms with Gasteiger partial charge < -0.3 is 39.0 Å². The number of aliphatic hydroxyl groups excluding tert-OH is 2. The quantitative estimate of drug-likeness (QED) is 0.0228. The Morgan fingerprint density at radius 1 is 0.410 bits per heavy atom. The fourth-order valence-corrected chi connectivity index (χ4v) is 10.3. The third-order valence-electron chi connectivity index (χ3n) is 15.5. The molecule has 1 saturated heterocycles. The van der Waals surface area contributed by atoms with Gasteiger partial charge in [0.15, 0.2) is 24.6 Å². The van der Waals surface area contributed by atoms with Crippen molar-refractivity contribution in [2.75, 3.05) is 13.2 Å². The molecule has 0 spiro atoms. The van der Waals surface area contributed by atoms with E-state index in [1.807, 2.05) is 0 Å². The number of aliphatic carboxylic acids is 1. The molecule has 480 valence electrons. The van der Waals surface area contributed by atoms with Gasteiger partial charge in [-0.3, -0.25) is 14.4 Å². The van der Waals surface area contributed by atoms with Crippen LogP contribution < -0.4 is 0 Å². The van der Waals surface area contributed by atoms with Gasteiger partial charge in [0.1, 0.15) is 18.8 Å². The Bertz CT molecular complexity index is 1670. The van der Waals surface area contributed by atoms with Crippen molar-refractivity contribution >= 4 is 23.9 Å². The number of unbranched alkanes of at least 4 members (excludes halogenated alkanes) is 35. The second kappa shape index (κ2) is 58.8. The van der Waals surface area contributed by atoms with Crippen LogP contribution in [0.2, 0.25) is 0 Å². The van der Waals surface area contributed by atoms with Crippen molar-refractivity contribution in [3.05, 3.63) is 60.8 Å². The molecule has 0 aromatic carbocycles. The molecular formula is C71H124O12. The number of carboxylic acids is 1. The Labute approximate surface area is 506 Å². The number of ether oxygens (including phenoxy) is 5. The summed E-state index contributed by atoms with van der Waals surface area (Å²) in [6, 6.07) is 0. The summed E-state index contributed by atoms with van der Waals surface area (Å²) in [7, 11) is 0. The van der Waals surface area contributed by atoms with E-state index in [4.69, 9.17) is 23.7 Å². The minimum Gasteiger partial charge on any atom is -0.479 e. The molecule has 0 bridgehead atoms. The summed E-state index contributed by atoms with van der Waals surface area (Å²) in [5, 5.41) is 31.7. The summed E-state index contributed by atoms with van der Waals surface area (Å²) < 4.78 is 28.6. The Morgan fingerprint density at radius 3 is 1.17 bits per heavy atom. The van der Waals surface area contributed by atoms with Crippen LogP contribution in [0.3, 0.4) is 0 Å². The first-order chi connectivity index (χ1) is 40.6. The van der Waals surface area contributed by atoms with E-state index >= 15 is 0 Å². The maximum absolute atomic E-state index is 13.2. The summed E-state index contributed by atoms with van der Waals surface area (Å²) in [6.07, 6.45) is 61.7. The number of carbonyl (C=O) groups is 4. The Hall–Kier alpha value is -3.58. The second-order valence-corrected chi connectivity index (χ2v) is 23.4. The molecule has 0 aliphatic carbocycles. The van der Waals surface area contributed by atoms with E-state index in [2.05, 4.69) is 81.5 Å². The molecule has 6 unspecified atom stereocenters. The van der Waals surface area contributed by atoms with Crippen LogP contribution >= 0.6 is 0 Å². The van der Waals surface area contributed by atoms with E-state index in [9.17, 15) is 34.5 Å². The predicted molar refractivity (Wildman–Crippen MR) is 340 cm³/mol. The van der Waals surface area contributed by atoms with Gasteiger partial charge in [0.25, 0.3) is 0 Å². The van der Waals surface area contributed by atoms with E-state index in [1.165, 1.54) is 141 Å². The molecule has 0 saturated carbocycles. The summed E-state index contributed by atoms with van der Waals surface area (Å²) in [6.45, 7) is 5.91. The van der Waals surface area contributed by atoms with Crippen LogP contribution in [0.5, 0.6) is 0 Å². The first kappa shape index (κ1) is 77.4. The lowest BCUT2D eigenvalue weighted by Gasteiger charge is -2.40. The van der Waals surface area contributed by atoms with Crippen molar-refractivity contribution in [2.45, 2.75) is 353 Å². The summed E-state index contributed by atoms with van der Waals surface area (Å²) >= 11 is 0. The molecule has 1 aliphatic rings. The SMILES string of the molecule is CC/C=C\C/C=C\C/C=C\CCCCCCCCCC(=O)OCC(COC1OC(C(=O)O)C(O)C(O)C1OC(=O)CCCCCCCCCCC/C=C\CCCCCCCC)OC(=O)CCCCCCCCC/C=C\CCCCCCCC.